The summed E-state index contributed by atoms with van der Waals surface area (Å²) in [4.78, 5) is 25.3. The van der Waals surface area contributed by atoms with Gasteiger partial charge in [-0.1, -0.05) is 224 Å². The van der Waals surface area contributed by atoms with Crippen molar-refractivity contribution in [3.63, 3.8) is 0 Å². The summed E-state index contributed by atoms with van der Waals surface area (Å²) in [5.74, 6) is -0.418. The molecular weight excluding hydrogens is 693 g/mol. The van der Waals surface area contributed by atoms with Gasteiger partial charge in [0.25, 0.3) is 0 Å². The van der Waals surface area contributed by atoms with Crippen molar-refractivity contribution in [2.24, 2.45) is 0 Å². The summed E-state index contributed by atoms with van der Waals surface area (Å²) in [6.45, 7) is 7.72. The molecule has 328 valence electrons. The summed E-state index contributed by atoms with van der Waals surface area (Å²) in [5, 5.41) is 0. The van der Waals surface area contributed by atoms with Crippen LogP contribution in [-0.4, -0.2) is 37.9 Å². The highest BCUT2D eigenvalue weighted by atomic mass is 16.6. The molecule has 0 fully saturated rings. The van der Waals surface area contributed by atoms with Crippen molar-refractivity contribution in [2.75, 3.05) is 19.8 Å². The number of rotatable bonds is 45. The van der Waals surface area contributed by atoms with Gasteiger partial charge in [0.1, 0.15) is 6.61 Å². The zero-order chi connectivity index (χ0) is 40.7. The van der Waals surface area contributed by atoms with Crippen molar-refractivity contribution >= 4 is 11.9 Å². The van der Waals surface area contributed by atoms with Gasteiger partial charge in [0.05, 0.1) is 6.61 Å². The first-order valence-corrected chi connectivity index (χ1v) is 24.5. The van der Waals surface area contributed by atoms with E-state index in [1.807, 2.05) is 0 Å². The lowest BCUT2D eigenvalue weighted by molar-refractivity contribution is -0.163. The molecule has 0 rings (SSSR count). The maximum absolute atomic E-state index is 12.7. The van der Waals surface area contributed by atoms with Gasteiger partial charge < -0.3 is 14.2 Å². The predicted molar refractivity (Wildman–Crippen MR) is 242 cm³/mol. The summed E-state index contributed by atoms with van der Waals surface area (Å²) in [7, 11) is 0. The van der Waals surface area contributed by atoms with E-state index in [9.17, 15) is 9.59 Å². The van der Waals surface area contributed by atoms with E-state index in [2.05, 4.69) is 57.2 Å². The second-order valence-electron chi connectivity index (χ2n) is 16.4. The van der Waals surface area contributed by atoms with Crippen LogP contribution in [0.5, 0.6) is 0 Å². The molecule has 0 aliphatic carbocycles. The summed E-state index contributed by atoms with van der Waals surface area (Å²) < 4.78 is 17.3. The lowest BCUT2D eigenvalue weighted by Crippen LogP contribution is -2.30. The molecule has 1 unspecified atom stereocenters. The van der Waals surface area contributed by atoms with Crippen LogP contribution in [0.2, 0.25) is 0 Å². The number of ether oxygens (including phenoxy) is 3. The molecule has 0 saturated heterocycles. The Morgan fingerprint density at radius 2 is 0.804 bits per heavy atom. The standard InChI is InChI=1S/C51H94O5/c1-4-7-10-13-16-19-22-25-26-28-29-32-35-38-41-44-50(52)55-48-49(47-54-46-43-40-37-34-31-24-21-18-15-12-9-6-3)56-51(53)45-42-39-36-33-30-27-23-20-17-14-11-8-5-2/h8,11,17,20,27,30,49H,4-7,9-10,12-16,18-19,21-26,28-29,31-48H2,1-3H3/b11-8-,20-17-,30-27-. The number of carbonyl (C=O) groups is 2. The third-order valence-corrected chi connectivity index (χ3v) is 10.7. The molecule has 56 heavy (non-hydrogen) atoms. The van der Waals surface area contributed by atoms with E-state index in [4.69, 9.17) is 14.2 Å². The van der Waals surface area contributed by atoms with E-state index >= 15 is 0 Å². The Labute approximate surface area is 349 Å². The first kappa shape index (κ1) is 54.1. The van der Waals surface area contributed by atoms with Gasteiger partial charge in [0, 0.05) is 19.4 Å². The van der Waals surface area contributed by atoms with E-state index in [0.717, 1.165) is 70.6 Å². The first-order valence-electron chi connectivity index (χ1n) is 24.5. The highest BCUT2D eigenvalue weighted by Gasteiger charge is 2.17. The monoisotopic (exact) mass is 787 g/mol. The van der Waals surface area contributed by atoms with Crippen LogP contribution in [-0.2, 0) is 23.8 Å². The van der Waals surface area contributed by atoms with Gasteiger partial charge in [-0.15, -0.1) is 0 Å². The fraction of sp³-hybridized carbons (Fsp3) is 0.843. The third kappa shape index (κ3) is 44.8. The number of unbranched alkanes of at least 4 members (excludes halogenated alkanes) is 28. The molecule has 0 spiro atoms. The van der Waals surface area contributed by atoms with Crippen LogP contribution in [0, 0.1) is 0 Å². The fourth-order valence-corrected chi connectivity index (χ4v) is 7.05. The van der Waals surface area contributed by atoms with Crippen molar-refractivity contribution in [2.45, 2.75) is 258 Å². The second-order valence-corrected chi connectivity index (χ2v) is 16.4. The van der Waals surface area contributed by atoms with Crippen molar-refractivity contribution in [3.05, 3.63) is 36.5 Å². The maximum Gasteiger partial charge on any atom is 0.306 e. The fourth-order valence-electron chi connectivity index (χ4n) is 7.05. The number of hydrogen-bond donors (Lipinski definition) is 0. The molecule has 0 aromatic rings. The SMILES string of the molecule is CC/C=C\C/C=C\C/C=C\CCCCCC(=O)OC(COCCCCCCCCCCCCCC)COC(=O)CCCCCCCCCCCCCCCCC. The van der Waals surface area contributed by atoms with Crippen LogP contribution in [0.4, 0.5) is 0 Å². The van der Waals surface area contributed by atoms with Crippen molar-refractivity contribution < 1.29 is 23.8 Å². The van der Waals surface area contributed by atoms with E-state index in [1.165, 1.54) is 148 Å². The highest BCUT2D eigenvalue weighted by Crippen LogP contribution is 2.15. The lowest BCUT2D eigenvalue weighted by atomic mass is 10.0. The van der Waals surface area contributed by atoms with Crippen molar-refractivity contribution in [1.82, 2.24) is 0 Å². The molecule has 0 bridgehead atoms. The molecule has 0 aliphatic heterocycles. The molecule has 0 saturated carbocycles. The summed E-state index contributed by atoms with van der Waals surface area (Å²) in [5.41, 5.74) is 0. The minimum atomic E-state index is -0.543. The number of hydrogen-bond acceptors (Lipinski definition) is 5. The van der Waals surface area contributed by atoms with Gasteiger partial charge in [0.2, 0.25) is 0 Å². The van der Waals surface area contributed by atoms with Crippen molar-refractivity contribution in [3.8, 4) is 0 Å². The van der Waals surface area contributed by atoms with Crippen LogP contribution in [0.1, 0.15) is 252 Å². The summed E-state index contributed by atoms with van der Waals surface area (Å²) >= 11 is 0. The van der Waals surface area contributed by atoms with E-state index in [0.29, 0.717) is 19.4 Å². The molecule has 1 atom stereocenters. The smallest absolute Gasteiger partial charge is 0.306 e. The molecule has 0 N–H and O–H groups in total. The first-order chi connectivity index (χ1) is 27.6. The average Bonchev–Trinajstić information content (AvgIpc) is 3.20. The minimum Gasteiger partial charge on any atom is -0.462 e. The molecule has 0 radical (unpaired) electrons. The zero-order valence-electron chi connectivity index (χ0n) is 37.7. The van der Waals surface area contributed by atoms with Gasteiger partial charge in [0.15, 0.2) is 6.10 Å². The van der Waals surface area contributed by atoms with Gasteiger partial charge in [-0.05, 0) is 51.4 Å². The topological polar surface area (TPSA) is 61.8 Å². The van der Waals surface area contributed by atoms with Crippen LogP contribution in [0.25, 0.3) is 0 Å². The normalized spacial score (nSPS) is 12.4. The van der Waals surface area contributed by atoms with Crippen LogP contribution >= 0.6 is 0 Å². The quantitative estimate of drug-likeness (QED) is 0.0349. The van der Waals surface area contributed by atoms with Crippen molar-refractivity contribution in [1.29, 1.82) is 0 Å². The molecule has 5 nitrogen and oxygen atoms in total. The number of allylic oxidation sites excluding steroid dienone is 6. The molecule has 0 amide bonds. The van der Waals surface area contributed by atoms with E-state index < -0.39 is 6.10 Å². The number of esters is 2. The van der Waals surface area contributed by atoms with Gasteiger partial charge in [-0.25, -0.2) is 0 Å². The van der Waals surface area contributed by atoms with E-state index in [-0.39, 0.29) is 25.2 Å². The van der Waals surface area contributed by atoms with Gasteiger partial charge >= 0.3 is 11.9 Å². The van der Waals surface area contributed by atoms with E-state index in [1.54, 1.807) is 0 Å². The Hall–Kier alpha value is -1.88. The predicted octanol–water partition coefficient (Wildman–Crippen LogP) is 16.2. The Bertz CT molecular complexity index is 893. The minimum absolute atomic E-state index is 0.0793. The molecule has 0 aromatic carbocycles. The summed E-state index contributed by atoms with van der Waals surface area (Å²) in [6, 6.07) is 0. The van der Waals surface area contributed by atoms with Crippen LogP contribution < -0.4 is 0 Å². The molecule has 0 heterocycles. The zero-order valence-corrected chi connectivity index (χ0v) is 37.7. The Morgan fingerprint density at radius 1 is 0.411 bits per heavy atom. The number of carbonyl (C=O) groups excluding carboxylic acids is 2. The Morgan fingerprint density at radius 3 is 1.29 bits per heavy atom. The molecule has 5 heteroatoms. The Kier molecular flexibility index (Phi) is 45.9. The second kappa shape index (κ2) is 47.5. The maximum atomic E-state index is 12.7. The average molecular weight is 787 g/mol. The lowest BCUT2D eigenvalue weighted by Gasteiger charge is -2.18. The highest BCUT2D eigenvalue weighted by molar-refractivity contribution is 5.70. The molecule has 0 aliphatic rings. The molecular formula is C51H94O5. The summed E-state index contributed by atoms with van der Waals surface area (Å²) in [6.07, 6.45) is 55.7. The third-order valence-electron chi connectivity index (χ3n) is 10.7. The largest absolute Gasteiger partial charge is 0.462 e. The van der Waals surface area contributed by atoms with Gasteiger partial charge in [-0.3, -0.25) is 9.59 Å². The Balaban J connectivity index is 4.25. The van der Waals surface area contributed by atoms with Gasteiger partial charge in [-0.2, -0.15) is 0 Å². The van der Waals surface area contributed by atoms with Crippen LogP contribution in [0.3, 0.4) is 0 Å². The molecule has 0 aromatic heterocycles. The van der Waals surface area contributed by atoms with Crippen LogP contribution in [0.15, 0.2) is 36.5 Å².